The molecule has 24 heavy (non-hydrogen) atoms. The van der Waals surface area contributed by atoms with Crippen molar-refractivity contribution in [1.29, 1.82) is 0 Å². The van der Waals surface area contributed by atoms with E-state index in [2.05, 4.69) is 14.7 Å². The Hall–Kier alpha value is -2.39. The molecule has 126 valence electrons. The van der Waals surface area contributed by atoms with Crippen LogP contribution in [0.15, 0.2) is 41.7 Å². The second kappa shape index (κ2) is 6.62. The normalized spacial score (nSPS) is 13.8. The molecule has 1 N–H and O–H groups in total. The smallest absolute Gasteiger partial charge is 0.240 e. The van der Waals surface area contributed by atoms with Gasteiger partial charge in [-0.1, -0.05) is 6.07 Å². The fourth-order valence-corrected chi connectivity index (χ4v) is 3.51. The molecule has 0 atom stereocenters. The van der Waals surface area contributed by atoms with E-state index in [4.69, 9.17) is 0 Å². The van der Waals surface area contributed by atoms with Crippen LogP contribution in [-0.4, -0.2) is 35.7 Å². The molecule has 1 aromatic heterocycles. The van der Waals surface area contributed by atoms with Crippen LogP contribution < -0.4 is 4.72 Å². The summed E-state index contributed by atoms with van der Waals surface area (Å²) < 4.78 is 39.5. The van der Waals surface area contributed by atoms with E-state index >= 15 is 0 Å². The minimum Gasteiger partial charge on any atom is -0.332 e. The number of amides is 1. The van der Waals surface area contributed by atoms with Gasteiger partial charge in [0.05, 0.1) is 17.1 Å². The monoisotopic (exact) mass is 350 g/mol. The summed E-state index contributed by atoms with van der Waals surface area (Å²) in [4.78, 5) is 21.6. The molecule has 1 aromatic carbocycles. The van der Waals surface area contributed by atoms with Gasteiger partial charge in [-0.15, -0.1) is 0 Å². The number of benzene rings is 1. The Morgan fingerprint density at radius 1 is 1.33 bits per heavy atom. The largest absolute Gasteiger partial charge is 0.332 e. The first-order valence-electron chi connectivity index (χ1n) is 7.26. The zero-order valence-corrected chi connectivity index (χ0v) is 13.5. The minimum atomic E-state index is -3.84. The lowest BCUT2D eigenvalue weighted by Crippen LogP contribution is -2.31. The highest BCUT2D eigenvalue weighted by atomic mass is 32.2. The molecule has 2 heterocycles. The van der Waals surface area contributed by atoms with Crippen LogP contribution in [0, 0.1) is 5.82 Å². The molecule has 1 aliphatic rings. The van der Waals surface area contributed by atoms with E-state index in [9.17, 15) is 17.6 Å². The van der Waals surface area contributed by atoms with Crippen LogP contribution in [0.1, 0.15) is 17.7 Å². The SMILES string of the molecule is O=C(CCNS(=O)(=O)c1cccc(F)c1)N1Cc2cncnc2C1. The zero-order valence-electron chi connectivity index (χ0n) is 12.6. The number of carbonyl (C=O) groups excluding carboxylic acids is 1. The number of aromatic nitrogens is 2. The number of nitrogens with zero attached hydrogens (tertiary/aromatic N) is 3. The number of sulfonamides is 1. The quantitative estimate of drug-likeness (QED) is 0.862. The minimum absolute atomic E-state index is 0.00988. The van der Waals surface area contributed by atoms with Gasteiger partial charge < -0.3 is 4.90 Å². The van der Waals surface area contributed by atoms with Crippen molar-refractivity contribution in [3.8, 4) is 0 Å². The molecule has 0 fully saturated rings. The molecule has 2 aromatic rings. The topological polar surface area (TPSA) is 92.3 Å². The Morgan fingerprint density at radius 2 is 2.17 bits per heavy atom. The fourth-order valence-electron chi connectivity index (χ4n) is 2.44. The van der Waals surface area contributed by atoms with E-state index in [1.54, 1.807) is 11.1 Å². The van der Waals surface area contributed by atoms with Gasteiger partial charge >= 0.3 is 0 Å². The first kappa shape index (κ1) is 16.5. The van der Waals surface area contributed by atoms with Gasteiger partial charge in [-0.05, 0) is 18.2 Å². The summed E-state index contributed by atoms with van der Waals surface area (Å²) in [5.41, 5.74) is 1.70. The Kier molecular flexibility index (Phi) is 4.54. The summed E-state index contributed by atoms with van der Waals surface area (Å²) in [5, 5.41) is 0. The van der Waals surface area contributed by atoms with E-state index in [1.165, 1.54) is 18.5 Å². The molecule has 0 saturated heterocycles. The molecule has 0 radical (unpaired) electrons. The third-order valence-electron chi connectivity index (χ3n) is 3.67. The van der Waals surface area contributed by atoms with Crippen molar-refractivity contribution in [3.63, 3.8) is 0 Å². The molecule has 0 spiro atoms. The summed E-state index contributed by atoms with van der Waals surface area (Å²) in [7, 11) is -3.84. The van der Waals surface area contributed by atoms with Gasteiger partial charge in [0.15, 0.2) is 0 Å². The number of hydrogen-bond acceptors (Lipinski definition) is 5. The van der Waals surface area contributed by atoms with Crippen LogP contribution >= 0.6 is 0 Å². The summed E-state index contributed by atoms with van der Waals surface area (Å²) in [6.07, 6.45) is 3.11. The molecule has 7 nitrogen and oxygen atoms in total. The van der Waals surface area contributed by atoms with Gasteiger partial charge in [0, 0.05) is 31.3 Å². The molecule has 0 unspecified atom stereocenters. The zero-order chi connectivity index (χ0) is 17.2. The van der Waals surface area contributed by atoms with Crippen LogP contribution in [0.2, 0.25) is 0 Å². The van der Waals surface area contributed by atoms with Gasteiger partial charge in [0.25, 0.3) is 0 Å². The average Bonchev–Trinajstić information content (AvgIpc) is 2.99. The third kappa shape index (κ3) is 3.57. The maximum absolute atomic E-state index is 13.1. The van der Waals surface area contributed by atoms with E-state index in [-0.39, 0.29) is 23.8 Å². The lowest BCUT2D eigenvalue weighted by atomic mass is 10.3. The van der Waals surface area contributed by atoms with Gasteiger partial charge in [-0.3, -0.25) is 4.79 Å². The van der Waals surface area contributed by atoms with Crippen molar-refractivity contribution < 1.29 is 17.6 Å². The second-order valence-corrected chi connectivity index (χ2v) is 7.12. The van der Waals surface area contributed by atoms with Crippen molar-refractivity contribution in [2.24, 2.45) is 0 Å². The molecule has 1 amide bonds. The van der Waals surface area contributed by atoms with Crippen LogP contribution in [0.4, 0.5) is 4.39 Å². The van der Waals surface area contributed by atoms with E-state index in [0.29, 0.717) is 13.1 Å². The second-order valence-electron chi connectivity index (χ2n) is 5.35. The van der Waals surface area contributed by atoms with Gasteiger partial charge in [-0.2, -0.15) is 0 Å². The molecular formula is C15H15FN4O3S. The lowest BCUT2D eigenvalue weighted by Gasteiger charge is -2.15. The highest BCUT2D eigenvalue weighted by Crippen LogP contribution is 2.19. The standard InChI is InChI=1S/C15H15FN4O3S/c16-12-2-1-3-13(6-12)24(22,23)19-5-4-15(21)20-8-11-7-17-10-18-14(11)9-20/h1-3,6-7,10,19H,4-5,8-9H2. The third-order valence-corrected chi connectivity index (χ3v) is 5.13. The molecule has 0 saturated carbocycles. The van der Waals surface area contributed by atoms with E-state index in [1.807, 2.05) is 0 Å². The van der Waals surface area contributed by atoms with Crippen molar-refractivity contribution in [2.75, 3.05) is 6.54 Å². The van der Waals surface area contributed by atoms with Gasteiger partial charge in [0.2, 0.25) is 15.9 Å². The van der Waals surface area contributed by atoms with Crippen molar-refractivity contribution >= 4 is 15.9 Å². The average molecular weight is 350 g/mol. The van der Waals surface area contributed by atoms with Crippen LogP contribution in [0.25, 0.3) is 0 Å². The van der Waals surface area contributed by atoms with Crippen molar-refractivity contribution in [3.05, 3.63) is 53.9 Å². The number of halogens is 1. The van der Waals surface area contributed by atoms with Crippen LogP contribution in [0.3, 0.4) is 0 Å². The first-order valence-corrected chi connectivity index (χ1v) is 8.75. The molecule has 1 aliphatic heterocycles. The highest BCUT2D eigenvalue weighted by molar-refractivity contribution is 7.89. The highest BCUT2D eigenvalue weighted by Gasteiger charge is 2.24. The number of nitrogens with one attached hydrogen (secondary N) is 1. The van der Waals surface area contributed by atoms with E-state index < -0.39 is 15.8 Å². The molecule has 3 rings (SSSR count). The van der Waals surface area contributed by atoms with E-state index in [0.717, 1.165) is 23.4 Å². The summed E-state index contributed by atoms with van der Waals surface area (Å²) in [6, 6.07) is 4.71. The number of carbonyl (C=O) groups is 1. The predicted octanol–water partition coefficient (Wildman–Crippen LogP) is 0.826. The predicted molar refractivity (Wildman–Crippen MR) is 82.5 cm³/mol. The fraction of sp³-hybridized carbons (Fsp3) is 0.267. The maximum atomic E-state index is 13.1. The van der Waals surface area contributed by atoms with Gasteiger partial charge in [0.1, 0.15) is 12.1 Å². The van der Waals surface area contributed by atoms with Crippen molar-refractivity contribution in [2.45, 2.75) is 24.4 Å². The molecule has 0 aliphatic carbocycles. The molecular weight excluding hydrogens is 335 g/mol. The Morgan fingerprint density at radius 3 is 2.92 bits per heavy atom. The van der Waals surface area contributed by atoms with Gasteiger partial charge in [-0.25, -0.2) is 27.5 Å². The number of fused-ring (bicyclic) bond motifs is 1. The summed E-state index contributed by atoms with van der Waals surface area (Å²) in [6.45, 7) is 0.759. The summed E-state index contributed by atoms with van der Waals surface area (Å²) in [5.74, 6) is -0.820. The number of rotatable bonds is 5. The van der Waals surface area contributed by atoms with Crippen molar-refractivity contribution in [1.82, 2.24) is 19.6 Å². The number of hydrogen-bond donors (Lipinski definition) is 1. The first-order chi connectivity index (χ1) is 11.5. The summed E-state index contributed by atoms with van der Waals surface area (Å²) >= 11 is 0. The Bertz CT molecular complexity index is 848. The van der Waals surface area contributed by atoms with Crippen LogP contribution in [-0.2, 0) is 27.9 Å². The van der Waals surface area contributed by atoms with Crippen LogP contribution in [0.5, 0.6) is 0 Å². The Labute approximate surface area is 138 Å². The lowest BCUT2D eigenvalue weighted by molar-refractivity contribution is -0.131. The molecule has 9 heteroatoms. The Balaban J connectivity index is 1.54. The molecule has 0 bridgehead atoms. The maximum Gasteiger partial charge on any atom is 0.240 e.